The summed E-state index contributed by atoms with van der Waals surface area (Å²) in [4.78, 5) is 60.1. The van der Waals surface area contributed by atoms with Crippen LogP contribution < -0.4 is 20.2 Å². The second-order valence-corrected chi connectivity index (χ2v) is 13.5. The number of anilines is 1. The molecule has 52 heavy (non-hydrogen) atoms. The number of hydrogen-bond acceptors (Lipinski definition) is 12. The first kappa shape index (κ1) is 35.9. The maximum Gasteiger partial charge on any atom is 0.355 e. The minimum absolute atomic E-state index is 0.0685. The molecule has 0 unspecified atom stereocenters. The summed E-state index contributed by atoms with van der Waals surface area (Å²) in [5, 5.41) is 30.2. The molecule has 4 aromatic carbocycles. The highest BCUT2D eigenvalue weighted by Crippen LogP contribution is 2.39. The number of rotatable bonds is 11. The van der Waals surface area contributed by atoms with Crippen LogP contribution in [-0.4, -0.2) is 40.5 Å². The topological polar surface area (TPSA) is 192 Å². The first-order valence-electron chi connectivity index (χ1n) is 14.9. The van der Waals surface area contributed by atoms with Gasteiger partial charge in [0.25, 0.3) is 23.2 Å². The lowest BCUT2D eigenvalue weighted by Crippen LogP contribution is -2.17. The predicted octanol–water partition coefficient (Wildman–Crippen LogP) is 8.87. The van der Waals surface area contributed by atoms with Crippen LogP contribution in [0.25, 0.3) is 20.2 Å². The SMILES string of the molecule is CCOc1cc(/C=N\NC(=O)c2ccc(NC(=O)c3sc4cc([N+](=O)[O-])ccc4c3Cl)cc2)ccc1OC(=O)c1sc2cc([N+](=O)[O-])ccc2c1Cl. The van der Waals surface area contributed by atoms with E-state index in [-0.39, 0.29) is 54.8 Å². The highest BCUT2D eigenvalue weighted by Gasteiger charge is 2.23. The molecule has 0 aliphatic carbocycles. The van der Waals surface area contributed by atoms with E-state index in [1.807, 2.05) is 0 Å². The van der Waals surface area contributed by atoms with Gasteiger partial charge in [0.1, 0.15) is 9.75 Å². The quantitative estimate of drug-likeness (QED) is 0.0425. The van der Waals surface area contributed by atoms with E-state index in [9.17, 15) is 34.6 Å². The van der Waals surface area contributed by atoms with Gasteiger partial charge in [-0.25, -0.2) is 10.2 Å². The number of nitro groups is 2. The fourth-order valence-electron chi connectivity index (χ4n) is 4.84. The number of nitro benzene ring substituents is 2. The van der Waals surface area contributed by atoms with Gasteiger partial charge in [-0.15, -0.1) is 22.7 Å². The monoisotopic (exact) mass is 777 g/mol. The number of hydrogen-bond donors (Lipinski definition) is 2. The molecule has 0 saturated carbocycles. The van der Waals surface area contributed by atoms with Crippen molar-refractivity contribution in [1.29, 1.82) is 0 Å². The van der Waals surface area contributed by atoms with E-state index in [1.54, 1.807) is 19.1 Å². The molecule has 0 radical (unpaired) electrons. The largest absolute Gasteiger partial charge is 0.490 e. The number of ether oxygens (including phenoxy) is 2. The average Bonchev–Trinajstić information content (AvgIpc) is 3.65. The van der Waals surface area contributed by atoms with Gasteiger partial charge in [0.15, 0.2) is 11.5 Å². The standard InChI is InChI=1S/C34H21Cl2N5O9S2/c1-2-49-25-13-17(3-12-24(25)50-34(44)31-29(36)23-11-9-21(41(47)48)15-27(23)52-31)16-37-39-32(42)18-4-6-19(7-5-18)38-33(43)30-28(35)22-10-8-20(40(45)46)14-26(22)51-30/h3-16H,2H2,1H3,(H,38,43)(H,39,42)/b37-16-. The van der Waals surface area contributed by atoms with Gasteiger partial charge < -0.3 is 14.8 Å². The Morgan fingerprint density at radius 2 is 1.38 bits per heavy atom. The van der Waals surface area contributed by atoms with E-state index in [4.69, 9.17) is 32.7 Å². The Balaban J connectivity index is 1.08. The molecule has 6 aromatic rings. The highest BCUT2D eigenvalue weighted by molar-refractivity contribution is 7.22. The summed E-state index contributed by atoms with van der Waals surface area (Å²) in [6, 6.07) is 18.9. The van der Waals surface area contributed by atoms with E-state index >= 15 is 0 Å². The van der Waals surface area contributed by atoms with Crippen LogP contribution in [0.5, 0.6) is 11.5 Å². The van der Waals surface area contributed by atoms with Gasteiger partial charge >= 0.3 is 5.97 Å². The average molecular weight is 779 g/mol. The lowest BCUT2D eigenvalue weighted by atomic mass is 10.2. The summed E-state index contributed by atoms with van der Waals surface area (Å²) in [7, 11) is 0. The second-order valence-electron chi connectivity index (χ2n) is 10.6. The molecule has 262 valence electrons. The summed E-state index contributed by atoms with van der Waals surface area (Å²) in [5.41, 5.74) is 3.30. The number of benzene rings is 4. The van der Waals surface area contributed by atoms with E-state index in [0.717, 1.165) is 22.7 Å². The summed E-state index contributed by atoms with van der Waals surface area (Å²) in [6.45, 7) is 1.99. The number of nitrogens with one attached hydrogen (secondary N) is 2. The number of amides is 2. The Labute approximate surface area is 310 Å². The number of nitrogens with zero attached hydrogens (tertiary/aromatic N) is 3. The molecule has 6 rings (SSSR count). The zero-order chi connectivity index (χ0) is 37.1. The molecule has 0 aliphatic heterocycles. The number of non-ortho nitro benzene ring substituents is 2. The number of carbonyl (C=O) groups excluding carboxylic acids is 3. The molecule has 0 atom stereocenters. The number of hydrazone groups is 1. The third-order valence-electron chi connectivity index (χ3n) is 7.29. The van der Waals surface area contributed by atoms with Gasteiger partial charge in [-0.3, -0.25) is 29.8 Å². The molecular weight excluding hydrogens is 757 g/mol. The molecule has 0 spiro atoms. The van der Waals surface area contributed by atoms with Crippen molar-refractivity contribution in [1.82, 2.24) is 5.43 Å². The van der Waals surface area contributed by atoms with E-state index in [1.165, 1.54) is 72.9 Å². The Morgan fingerprint density at radius 1 is 0.788 bits per heavy atom. The number of thiophene rings is 2. The molecule has 2 amide bonds. The first-order valence-corrected chi connectivity index (χ1v) is 17.3. The summed E-state index contributed by atoms with van der Waals surface area (Å²) < 4.78 is 12.2. The first-order chi connectivity index (χ1) is 24.9. The van der Waals surface area contributed by atoms with Gasteiger partial charge in [-0.05, 0) is 67.1 Å². The van der Waals surface area contributed by atoms with Crippen LogP contribution in [0.3, 0.4) is 0 Å². The zero-order valence-corrected chi connectivity index (χ0v) is 29.5. The van der Waals surface area contributed by atoms with Crippen LogP contribution in [0.4, 0.5) is 17.1 Å². The Morgan fingerprint density at radius 3 is 1.98 bits per heavy atom. The maximum absolute atomic E-state index is 13.1. The lowest BCUT2D eigenvalue weighted by molar-refractivity contribution is -0.384. The van der Waals surface area contributed by atoms with E-state index < -0.39 is 27.6 Å². The van der Waals surface area contributed by atoms with Crippen LogP contribution in [-0.2, 0) is 0 Å². The second kappa shape index (κ2) is 15.1. The minimum atomic E-state index is -0.772. The number of carbonyl (C=O) groups is 3. The number of fused-ring (bicyclic) bond motifs is 2. The van der Waals surface area contributed by atoms with Crippen LogP contribution in [0.2, 0.25) is 10.0 Å². The molecule has 0 saturated heterocycles. The Bertz CT molecular complexity index is 2460. The van der Waals surface area contributed by atoms with Crippen molar-refractivity contribution < 1.29 is 33.7 Å². The molecule has 2 heterocycles. The highest BCUT2D eigenvalue weighted by atomic mass is 35.5. The molecule has 2 aromatic heterocycles. The van der Waals surface area contributed by atoms with E-state index in [2.05, 4.69) is 15.8 Å². The third kappa shape index (κ3) is 7.54. The minimum Gasteiger partial charge on any atom is -0.490 e. The lowest BCUT2D eigenvalue weighted by Gasteiger charge is -2.11. The normalized spacial score (nSPS) is 11.1. The number of halogens is 2. The van der Waals surface area contributed by atoms with Crippen molar-refractivity contribution >= 4 is 107 Å². The summed E-state index contributed by atoms with van der Waals surface area (Å²) in [5.74, 6) is -1.51. The van der Waals surface area contributed by atoms with Gasteiger partial charge in [0, 0.05) is 55.7 Å². The van der Waals surface area contributed by atoms with Crippen LogP contribution in [0.15, 0.2) is 84.0 Å². The molecule has 2 N–H and O–H groups in total. The summed E-state index contributed by atoms with van der Waals surface area (Å²) >= 11 is 14.8. The zero-order valence-electron chi connectivity index (χ0n) is 26.4. The molecule has 0 fully saturated rings. The van der Waals surface area contributed by atoms with Crippen molar-refractivity contribution in [3.05, 3.63) is 130 Å². The fourth-order valence-corrected chi connectivity index (χ4v) is 7.70. The van der Waals surface area contributed by atoms with Crippen molar-refractivity contribution in [3.8, 4) is 11.5 Å². The van der Waals surface area contributed by atoms with Crippen LogP contribution >= 0.6 is 45.9 Å². The van der Waals surface area contributed by atoms with Gasteiger partial charge in [-0.2, -0.15) is 5.10 Å². The van der Waals surface area contributed by atoms with Gasteiger partial charge in [0.05, 0.1) is 32.7 Å². The molecule has 14 nitrogen and oxygen atoms in total. The van der Waals surface area contributed by atoms with Crippen molar-refractivity contribution in [2.24, 2.45) is 5.10 Å². The Kier molecular flexibility index (Phi) is 10.4. The third-order valence-corrected chi connectivity index (χ3v) is 10.6. The van der Waals surface area contributed by atoms with Gasteiger partial charge in [-0.1, -0.05) is 23.2 Å². The summed E-state index contributed by atoms with van der Waals surface area (Å²) in [6.07, 6.45) is 1.36. The van der Waals surface area contributed by atoms with E-state index in [0.29, 0.717) is 31.4 Å². The Hall–Kier alpha value is -5.94. The molecule has 0 bridgehead atoms. The van der Waals surface area contributed by atoms with Crippen LogP contribution in [0.1, 0.15) is 42.2 Å². The molecular formula is C34H21Cl2N5O9S2. The smallest absolute Gasteiger partial charge is 0.355 e. The molecule has 0 aliphatic rings. The molecule has 18 heteroatoms. The fraction of sp³-hybridized carbons (Fsp3) is 0.0588. The maximum atomic E-state index is 13.1. The van der Waals surface area contributed by atoms with Crippen molar-refractivity contribution in [3.63, 3.8) is 0 Å². The van der Waals surface area contributed by atoms with Crippen LogP contribution in [0, 0.1) is 20.2 Å². The van der Waals surface area contributed by atoms with Crippen molar-refractivity contribution in [2.75, 3.05) is 11.9 Å². The van der Waals surface area contributed by atoms with Crippen molar-refractivity contribution in [2.45, 2.75) is 6.92 Å². The van der Waals surface area contributed by atoms with Gasteiger partial charge in [0.2, 0.25) is 0 Å². The number of esters is 1. The predicted molar refractivity (Wildman–Crippen MR) is 199 cm³/mol.